The summed E-state index contributed by atoms with van der Waals surface area (Å²) in [5.74, 6) is -0.400. The third kappa shape index (κ3) is 3.08. The van der Waals surface area contributed by atoms with Crippen LogP contribution < -0.4 is 5.32 Å². The minimum absolute atomic E-state index is 0.400. The van der Waals surface area contributed by atoms with Crippen molar-refractivity contribution in [1.29, 1.82) is 0 Å². The van der Waals surface area contributed by atoms with Crippen molar-refractivity contribution in [2.75, 3.05) is 7.11 Å². The second-order valence-electron chi connectivity index (χ2n) is 6.56. The predicted octanol–water partition coefficient (Wildman–Crippen LogP) is 3.96. The van der Waals surface area contributed by atoms with Crippen LogP contribution in [0.3, 0.4) is 0 Å². The van der Waals surface area contributed by atoms with Crippen molar-refractivity contribution < 1.29 is 22.7 Å². The quantitative estimate of drug-likeness (QED) is 0.668. The van der Waals surface area contributed by atoms with Gasteiger partial charge in [0.2, 0.25) is 0 Å². The summed E-state index contributed by atoms with van der Waals surface area (Å²) in [5.41, 5.74) is 2.69. The molecule has 7 heteroatoms. The molecule has 2 atom stereocenters. The van der Waals surface area contributed by atoms with Gasteiger partial charge in [0.1, 0.15) is 6.04 Å². The lowest BCUT2D eigenvalue weighted by Gasteiger charge is -2.30. The molecule has 0 aliphatic carbocycles. The van der Waals surface area contributed by atoms with Crippen LogP contribution in [0.2, 0.25) is 0 Å². The third-order valence-corrected chi connectivity index (χ3v) is 4.97. The molecule has 4 nitrogen and oxygen atoms in total. The van der Waals surface area contributed by atoms with Gasteiger partial charge in [-0.3, -0.25) is 10.1 Å². The lowest BCUT2D eigenvalue weighted by atomic mass is 9.90. The summed E-state index contributed by atoms with van der Waals surface area (Å²) in [7, 11) is 1.32. The Hall–Kier alpha value is -2.80. The standard InChI is InChI=1S/C20H17F3N2O2/c1-27-19(26)16-10-14-13-4-2-3-5-15(13)24-18(14)17(25-16)11-6-8-12(9-7-11)20(21,22)23/h2-9,16-17,24-25H,10H2,1H3. The Balaban J connectivity index is 1.81. The number of para-hydroxylation sites is 1. The van der Waals surface area contributed by atoms with Crippen LogP contribution >= 0.6 is 0 Å². The number of ether oxygens (including phenoxy) is 1. The zero-order chi connectivity index (χ0) is 19.2. The summed E-state index contributed by atoms with van der Waals surface area (Å²) in [5, 5.41) is 4.21. The monoisotopic (exact) mass is 374 g/mol. The first kappa shape index (κ1) is 17.6. The van der Waals surface area contributed by atoms with Crippen LogP contribution in [0.25, 0.3) is 10.9 Å². The molecule has 2 unspecified atom stereocenters. The highest BCUT2D eigenvalue weighted by atomic mass is 19.4. The summed E-state index contributed by atoms with van der Waals surface area (Å²) in [6, 6.07) is 11.7. The first-order valence-corrected chi connectivity index (χ1v) is 8.49. The van der Waals surface area contributed by atoms with Crippen LogP contribution in [0.15, 0.2) is 48.5 Å². The summed E-state index contributed by atoms with van der Waals surface area (Å²) < 4.78 is 43.5. The molecule has 0 saturated heterocycles. The molecule has 140 valence electrons. The number of methoxy groups -OCH3 is 1. The van der Waals surface area contributed by atoms with E-state index < -0.39 is 29.8 Å². The maximum Gasteiger partial charge on any atom is 0.416 e. The average molecular weight is 374 g/mol. The molecular weight excluding hydrogens is 357 g/mol. The zero-order valence-corrected chi connectivity index (χ0v) is 14.4. The topological polar surface area (TPSA) is 54.1 Å². The maximum atomic E-state index is 12.9. The van der Waals surface area contributed by atoms with Crippen LogP contribution in [0.1, 0.15) is 28.4 Å². The summed E-state index contributed by atoms with van der Waals surface area (Å²) in [6.45, 7) is 0. The molecule has 2 N–H and O–H groups in total. The number of hydrogen-bond donors (Lipinski definition) is 2. The molecule has 27 heavy (non-hydrogen) atoms. The molecule has 1 aromatic heterocycles. The van der Waals surface area contributed by atoms with Crippen LogP contribution in [-0.4, -0.2) is 24.1 Å². The molecule has 0 fully saturated rings. The molecule has 1 aliphatic heterocycles. The fourth-order valence-corrected chi connectivity index (χ4v) is 3.66. The van der Waals surface area contributed by atoms with E-state index in [0.717, 1.165) is 34.3 Å². The average Bonchev–Trinajstić information content (AvgIpc) is 3.04. The number of rotatable bonds is 2. The number of esters is 1. The summed E-state index contributed by atoms with van der Waals surface area (Å²) >= 11 is 0. The van der Waals surface area contributed by atoms with Gasteiger partial charge >= 0.3 is 12.1 Å². The minimum atomic E-state index is -4.39. The fraction of sp³-hybridized carbons (Fsp3) is 0.250. The molecule has 2 aromatic carbocycles. The van der Waals surface area contributed by atoms with E-state index >= 15 is 0 Å². The largest absolute Gasteiger partial charge is 0.468 e. The van der Waals surface area contributed by atoms with Gasteiger partial charge in [-0.1, -0.05) is 30.3 Å². The Kier molecular flexibility index (Phi) is 4.19. The normalized spacial score (nSPS) is 19.7. The van der Waals surface area contributed by atoms with E-state index in [4.69, 9.17) is 4.74 Å². The lowest BCUT2D eigenvalue weighted by molar-refractivity contribution is -0.143. The Bertz CT molecular complexity index is 993. The predicted molar refractivity (Wildman–Crippen MR) is 94.2 cm³/mol. The molecule has 0 bridgehead atoms. The second kappa shape index (κ2) is 6.42. The number of hydrogen-bond acceptors (Lipinski definition) is 3. The van der Waals surface area contributed by atoms with Gasteiger partial charge in [0.05, 0.1) is 18.7 Å². The van der Waals surface area contributed by atoms with E-state index in [1.807, 2.05) is 24.3 Å². The molecule has 0 spiro atoms. The smallest absolute Gasteiger partial charge is 0.416 e. The third-order valence-electron chi connectivity index (χ3n) is 4.97. The number of aromatic nitrogens is 1. The van der Waals surface area contributed by atoms with Crippen molar-refractivity contribution in [2.45, 2.75) is 24.7 Å². The Morgan fingerprint density at radius 3 is 2.48 bits per heavy atom. The number of nitrogens with one attached hydrogen (secondary N) is 2. The van der Waals surface area contributed by atoms with E-state index in [9.17, 15) is 18.0 Å². The number of halogens is 3. The van der Waals surface area contributed by atoms with E-state index in [0.29, 0.717) is 12.0 Å². The van der Waals surface area contributed by atoms with Crippen molar-refractivity contribution in [1.82, 2.24) is 10.3 Å². The maximum absolute atomic E-state index is 12.9. The van der Waals surface area contributed by atoms with Crippen LogP contribution in [0, 0.1) is 0 Å². The highest BCUT2D eigenvalue weighted by molar-refractivity contribution is 5.87. The molecule has 1 aliphatic rings. The van der Waals surface area contributed by atoms with Gasteiger partial charge in [0, 0.05) is 23.0 Å². The Morgan fingerprint density at radius 2 is 1.81 bits per heavy atom. The van der Waals surface area contributed by atoms with Gasteiger partial charge < -0.3 is 9.72 Å². The van der Waals surface area contributed by atoms with Gasteiger partial charge in [0.15, 0.2) is 0 Å². The number of carbonyl (C=O) groups is 1. The molecule has 0 amide bonds. The fourth-order valence-electron chi connectivity index (χ4n) is 3.66. The zero-order valence-electron chi connectivity index (χ0n) is 14.4. The highest BCUT2D eigenvalue weighted by Gasteiger charge is 2.35. The van der Waals surface area contributed by atoms with Crippen LogP contribution in [-0.2, 0) is 22.1 Å². The molecule has 3 aromatic rings. The molecule has 0 radical (unpaired) electrons. The molecule has 4 rings (SSSR count). The summed E-state index contributed by atoms with van der Waals surface area (Å²) in [4.78, 5) is 15.5. The van der Waals surface area contributed by atoms with Crippen molar-refractivity contribution in [2.24, 2.45) is 0 Å². The first-order chi connectivity index (χ1) is 12.9. The lowest BCUT2D eigenvalue weighted by Crippen LogP contribution is -2.45. The second-order valence-corrected chi connectivity index (χ2v) is 6.56. The van der Waals surface area contributed by atoms with Crippen molar-refractivity contribution in [3.05, 3.63) is 70.9 Å². The highest BCUT2D eigenvalue weighted by Crippen LogP contribution is 2.36. The van der Waals surface area contributed by atoms with Gasteiger partial charge in [-0.2, -0.15) is 13.2 Å². The minimum Gasteiger partial charge on any atom is -0.468 e. The Labute approximate surface area is 153 Å². The van der Waals surface area contributed by atoms with Gasteiger partial charge in [0.25, 0.3) is 0 Å². The number of alkyl halides is 3. The van der Waals surface area contributed by atoms with Gasteiger partial charge in [-0.15, -0.1) is 0 Å². The van der Waals surface area contributed by atoms with E-state index in [1.54, 1.807) is 0 Å². The number of benzene rings is 2. The van der Waals surface area contributed by atoms with E-state index in [-0.39, 0.29) is 0 Å². The van der Waals surface area contributed by atoms with Crippen molar-refractivity contribution in [3.63, 3.8) is 0 Å². The van der Waals surface area contributed by atoms with Crippen molar-refractivity contribution in [3.8, 4) is 0 Å². The van der Waals surface area contributed by atoms with Crippen molar-refractivity contribution >= 4 is 16.9 Å². The number of aromatic amines is 1. The SMILES string of the molecule is COC(=O)C1Cc2c([nH]c3ccccc23)C(c2ccc(C(F)(F)F)cc2)N1. The van der Waals surface area contributed by atoms with Crippen LogP contribution in [0.4, 0.5) is 13.2 Å². The number of fused-ring (bicyclic) bond motifs is 3. The van der Waals surface area contributed by atoms with E-state index in [1.165, 1.54) is 19.2 Å². The van der Waals surface area contributed by atoms with Gasteiger partial charge in [-0.05, 0) is 29.3 Å². The number of H-pyrrole nitrogens is 1. The molecular formula is C20H17F3N2O2. The van der Waals surface area contributed by atoms with Crippen LogP contribution in [0.5, 0.6) is 0 Å². The summed E-state index contributed by atoms with van der Waals surface area (Å²) in [6.07, 6.45) is -3.94. The number of carbonyl (C=O) groups excluding carboxylic acids is 1. The Morgan fingerprint density at radius 1 is 1.11 bits per heavy atom. The molecule has 2 heterocycles. The van der Waals surface area contributed by atoms with E-state index in [2.05, 4.69) is 10.3 Å². The first-order valence-electron chi connectivity index (χ1n) is 8.49. The van der Waals surface area contributed by atoms with Gasteiger partial charge in [-0.25, -0.2) is 0 Å². The molecule has 0 saturated carbocycles.